The molecule has 2 aromatic carbocycles. The maximum Gasteiger partial charge on any atom is 0.408 e. The van der Waals surface area contributed by atoms with Gasteiger partial charge in [-0.2, -0.15) is 4.98 Å². The highest BCUT2D eigenvalue weighted by molar-refractivity contribution is 7.90. The lowest BCUT2D eigenvalue weighted by molar-refractivity contribution is -0.143. The van der Waals surface area contributed by atoms with Crippen molar-refractivity contribution in [2.24, 2.45) is 11.3 Å². The highest BCUT2D eigenvalue weighted by atomic mass is 32.2. The molecule has 5 rings (SSSR count). The number of ether oxygens (including phenoxy) is 3. The summed E-state index contributed by atoms with van der Waals surface area (Å²) in [5.41, 5.74) is -2.01. The van der Waals surface area contributed by atoms with Crippen LogP contribution in [0.1, 0.15) is 68.2 Å². The Kier molecular flexibility index (Phi) is 11.8. The Balaban J connectivity index is 1.53. The van der Waals surface area contributed by atoms with E-state index in [-0.39, 0.29) is 25.3 Å². The molecule has 3 aromatic rings. The molecule has 2 fully saturated rings. The van der Waals surface area contributed by atoms with Crippen LogP contribution in [-0.2, 0) is 29.1 Å². The van der Waals surface area contributed by atoms with Crippen molar-refractivity contribution in [3.63, 3.8) is 0 Å². The second kappa shape index (κ2) is 15.7. The number of fused-ring (bicyclic) bond motifs is 1. The molecule has 56 heavy (non-hydrogen) atoms. The molecule has 1 aliphatic heterocycles. The molecule has 0 radical (unpaired) electrons. The van der Waals surface area contributed by atoms with Crippen LogP contribution < -0.4 is 24.8 Å². The minimum Gasteiger partial charge on any atom is -0.497 e. The molecule has 4 unspecified atom stereocenters. The fourth-order valence-corrected chi connectivity index (χ4v) is 7.14. The topological polar surface area (TPSA) is 195 Å². The maximum atomic E-state index is 14.6. The van der Waals surface area contributed by atoms with E-state index in [0.29, 0.717) is 22.5 Å². The van der Waals surface area contributed by atoms with Crippen molar-refractivity contribution in [1.29, 1.82) is 0 Å². The van der Waals surface area contributed by atoms with E-state index < -0.39 is 79.7 Å². The van der Waals surface area contributed by atoms with Gasteiger partial charge in [0.15, 0.2) is 5.82 Å². The van der Waals surface area contributed by atoms with Crippen LogP contribution in [0.15, 0.2) is 61.2 Å². The van der Waals surface area contributed by atoms with Crippen LogP contribution in [0.5, 0.6) is 11.6 Å². The summed E-state index contributed by atoms with van der Waals surface area (Å²) < 4.78 is 45.0. The number of sulfonamides is 1. The summed E-state index contributed by atoms with van der Waals surface area (Å²) in [7, 11) is -2.51. The monoisotopic (exact) mass is 792 g/mol. The number of nitrogens with one attached hydrogen (secondary N) is 3. The van der Waals surface area contributed by atoms with Gasteiger partial charge in [0.1, 0.15) is 35.1 Å². The Labute approximate surface area is 328 Å². The molecule has 0 bridgehead atoms. The van der Waals surface area contributed by atoms with Gasteiger partial charge in [0.05, 0.1) is 29.8 Å². The lowest BCUT2D eigenvalue weighted by Crippen LogP contribution is -2.60. The first-order chi connectivity index (χ1) is 26.1. The predicted molar refractivity (Wildman–Crippen MR) is 210 cm³/mol. The summed E-state index contributed by atoms with van der Waals surface area (Å²) >= 11 is 0. The second-order valence-electron chi connectivity index (χ2n) is 16.6. The van der Waals surface area contributed by atoms with E-state index in [4.69, 9.17) is 24.2 Å². The van der Waals surface area contributed by atoms with E-state index in [2.05, 4.69) is 21.9 Å². The average Bonchev–Trinajstić information content (AvgIpc) is 3.67. The molecule has 1 aliphatic carbocycles. The molecular weight excluding hydrogens is 741 g/mol. The number of nitrogens with zero attached hydrogens (tertiary/aromatic N) is 3. The van der Waals surface area contributed by atoms with Gasteiger partial charge in [0.25, 0.3) is 5.91 Å². The highest BCUT2D eigenvalue weighted by Gasteiger charge is 2.61. The Morgan fingerprint density at radius 1 is 1.02 bits per heavy atom. The minimum absolute atomic E-state index is 0.0439. The molecule has 3 N–H and O–H groups in total. The van der Waals surface area contributed by atoms with Crippen LogP contribution >= 0.6 is 0 Å². The molecule has 1 aromatic heterocycles. The highest BCUT2D eigenvalue weighted by Crippen LogP contribution is 2.45. The number of carbonyl (C=O) groups excluding carboxylic acids is 4. The molecule has 15 nitrogen and oxygen atoms in total. The van der Waals surface area contributed by atoms with E-state index in [1.165, 1.54) is 31.9 Å². The number of likely N-dealkylation sites (tertiary alicyclic amines) is 1. The number of carbonyl (C=O) groups is 4. The smallest absolute Gasteiger partial charge is 0.408 e. The molecule has 5 atom stereocenters. The first-order valence-corrected chi connectivity index (χ1v) is 20.0. The molecule has 2 aliphatic rings. The van der Waals surface area contributed by atoms with Gasteiger partial charge in [-0.1, -0.05) is 57.2 Å². The van der Waals surface area contributed by atoms with Crippen LogP contribution in [-0.4, -0.2) is 95.3 Å². The van der Waals surface area contributed by atoms with Crippen LogP contribution in [0.2, 0.25) is 0 Å². The van der Waals surface area contributed by atoms with E-state index in [1.807, 2.05) is 30.3 Å². The van der Waals surface area contributed by atoms with Gasteiger partial charge in [-0.05, 0) is 64.7 Å². The van der Waals surface area contributed by atoms with Crippen LogP contribution in [0.4, 0.5) is 4.79 Å². The first-order valence-electron chi connectivity index (χ1n) is 18.5. The fraction of sp³-hybridized carbons (Fsp3) is 0.500. The summed E-state index contributed by atoms with van der Waals surface area (Å²) in [6, 6.07) is 12.2. The average molecular weight is 793 g/mol. The van der Waals surface area contributed by atoms with Gasteiger partial charge in [0.2, 0.25) is 27.7 Å². The quantitative estimate of drug-likeness (QED) is 0.219. The number of hydrogen-bond donors (Lipinski definition) is 3. The number of methoxy groups -OCH3 is 1. The van der Waals surface area contributed by atoms with Crippen LogP contribution in [0.3, 0.4) is 0 Å². The summed E-state index contributed by atoms with van der Waals surface area (Å²) in [6.45, 7) is 16.9. The van der Waals surface area contributed by atoms with E-state index >= 15 is 0 Å². The van der Waals surface area contributed by atoms with Gasteiger partial charge in [-0.3, -0.25) is 19.1 Å². The van der Waals surface area contributed by atoms with Crippen molar-refractivity contribution in [3.8, 4) is 23.0 Å². The summed E-state index contributed by atoms with van der Waals surface area (Å²) in [4.78, 5) is 66.5. The van der Waals surface area contributed by atoms with Crippen LogP contribution in [0, 0.1) is 11.3 Å². The number of aromatic nitrogens is 2. The van der Waals surface area contributed by atoms with Crippen molar-refractivity contribution in [2.45, 2.75) is 103 Å². The third-order valence-electron chi connectivity index (χ3n) is 9.71. The molecule has 302 valence electrons. The van der Waals surface area contributed by atoms with Gasteiger partial charge in [-0.25, -0.2) is 18.2 Å². The largest absolute Gasteiger partial charge is 0.497 e. The predicted octanol–water partition coefficient (Wildman–Crippen LogP) is 4.51. The fourth-order valence-electron chi connectivity index (χ4n) is 6.46. The number of hydrogen-bond acceptors (Lipinski definition) is 11. The van der Waals surface area contributed by atoms with Gasteiger partial charge in [0, 0.05) is 17.9 Å². The standard InChI is InChI=1S/C40H52N6O9S/c1-11-25-21-40(25,36(49)45-56(51,52)23(2)3)44-33(47)30-20-27(22-46(30)35(48)31(38(4,5)6)42-37(50)55-39(7,8)9)54-34-28-19-26(53-10)17-18-29(28)41-32(43-34)24-15-13-12-14-16-24/h11-19,23,25,27,30-31H,1,20-22H2,2-10H3,(H,42,50)(H,44,47)(H,45,49)/t25?,27?,30?,31-,40?/m1/s1. The zero-order valence-electron chi connectivity index (χ0n) is 33.3. The van der Waals surface area contributed by atoms with Crippen molar-refractivity contribution in [2.75, 3.05) is 13.7 Å². The number of rotatable bonds is 12. The second-order valence-corrected chi connectivity index (χ2v) is 18.8. The zero-order chi connectivity index (χ0) is 41.4. The maximum absolute atomic E-state index is 14.6. The van der Waals surface area contributed by atoms with Crippen molar-refractivity contribution in [1.82, 2.24) is 30.2 Å². The summed E-state index contributed by atoms with van der Waals surface area (Å²) in [6.07, 6.45) is -0.0976. The molecular formula is C40H52N6O9S. The minimum atomic E-state index is -4.04. The first kappa shape index (κ1) is 41.9. The Hall–Kier alpha value is -5.25. The molecule has 2 heterocycles. The molecule has 1 saturated carbocycles. The third kappa shape index (κ3) is 9.23. The van der Waals surface area contributed by atoms with Crippen molar-refractivity contribution < 1.29 is 41.8 Å². The lowest BCUT2D eigenvalue weighted by Gasteiger charge is -2.36. The van der Waals surface area contributed by atoms with Crippen LogP contribution in [0.25, 0.3) is 22.3 Å². The Bertz CT molecular complexity index is 2110. The van der Waals surface area contributed by atoms with Gasteiger partial charge in [-0.15, -0.1) is 6.58 Å². The Morgan fingerprint density at radius 3 is 2.27 bits per heavy atom. The van der Waals surface area contributed by atoms with Gasteiger partial charge >= 0.3 is 6.09 Å². The molecule has 4 amide bonds. The molecule has 16 heteroatoms. The number of alkyl carbamates (subject to hydrolysis) is 1. The van der Waals surface area contributed by atoms with Crippen molar-refractivity contribution in [3.05, 3.63) is 61.2 Å². The van der Waals surface area contributed by atoms with E-state index in [9.17, 15) is 27.6 Å². The normalized spacial score (nSPS) is 21.5. The van der Waals surface area contributed by atoms with E-state index in [1.54, 1.807) is 59.7 Å². The van der Waals surface area contributed by atoms with Crippen molar-refractivity contribution >= 4 is 44.7 Å². The summed E-state index contributed by atoms with van der Waals surface area (Å²) in [5.74, 6) is -1.66. The molecule has 0 spiro atoms. The number of benzene rings is 2. The lowest BCUT2D eigenvalue weighted by atomic mass is 9.85. The number of amides is 4. The molecule has 1 saturated heterocycles. The Morgan fingerprint density at radius 2 is 1.70 bits per heavy atom. The SMILES string of the molecule is C=CC1CC1(NC(=O)C1CC(Oc2nc(-c3ccccc3)nc3ccc(OC)cc23)CN1C(=O)[C@@H](NC(=O)OC(C)(C)C)C(C)(C)C)C(=O)NS(=O)(=O)C(C)C. The third-order valence-corrected chi connectivity index (χ3v) is 11.4. The van der Waals surface area contributed by atoms with Gasteiger partial charge < -0.3 is 29.7 Å². The summed E-state index contributed by atoms with van der Waals surface area (Å²) in [5, 5.41) is 5.10. The van der Waals surface area contributed by atoms with E-state index in [0.717, 1.165) is 5.56 Å². The zero-order valence-corrected chi connectivity index (χ0v) is 34.2.